The summed E-state index contributed by atoms with van der Waals surface area (Å²) in [4.78, 5) is 25.7. The number of nitrogens with zero attached hydrogens (tertiary/aromatic N) is 4. The van der Waals surface area contributed by atoms with Gasteiger partial charge in [0.1, 0.15) is 17.2 Å². The number of benzene rings is 1. The highest BCUT2D eigenvalue weighted by molar-refractivity contribution is 6.02. The van der Waals surface area contributed by atoms with E-state index in [9.17, 15) is 9.18 Å². The van der Waals surface area contributed by atoms with Crippen molar-refractivity contribution >= 4 is 17.2 Å². The number of hydrogen-bond acceptors (Lipinski definition) is 4. The normalized spacial score (nSPS) is 13.6. The highest BCUT2D eigenvalue weighted by atomic mass is 19.1. The van der Waals surface area contributed by atoms with E-state index in [0.717, 1.165) is 22.6 Å². The number of fused-ring (bicyclic) bond motifs is 1. The lowest BCUT2D eigenvalue weighted by Crippen LogP contribution is -2.14. The van der Waals surface area contributed by atoms with Crippen LogP contribution in [0.1, 0.15) is 40.6 Å². The molecule has 1 aliphatic carbocycles. The Morgan fingerprint density at radius 2 is 1.90 bits per heavy atom. The molecule has 0 bridgehead atoms. The predicted octanol–water partition coefficient (Wildman–Crippen LogP) is 4.37. The van der Waals surface area contributed by atoms with E-state index < -0.39 is 0 Å². The van der Waals surface area contributed by atoms with Gasteiger partial charge in [-0.1, -0.05) is 0 Å². The fraction of sp³-hybridized carbons (Fsp3) is 0.182. The molecule has 1 aliphatic rings. The number of anilines is 1. The van der Waals surface area contributed by atoms with Gasteiger partial charge in [0.25, 0.3) is 5.91 Å². The molecule has 1 aromatic carbocycles. The number of carbonyl (C=O) groups is 1. The minimum Gasteiger partial charge on any atom is -0.319 e. The molecular weight excluding hydrogens is 369 g/mol. The molecule has 0 aliphatic heterocycles. The Morgan fingerprint density at radius 1 is 1.10 bits per heavy atom. The van der Waals surface area contributed by atoms with Gasteiger partial charge in [-0.3, -0.25) is 9.78 Å². The van der Waals surface area contributed by atoms with Crippen LogP contribution >= 0.6 is 0 Å². The summed E-state index contributed by atoms with van der Waals surface area (Å²) >= 11 is 0. The third-order valence-electron chi connectivity index (χ3n) is 5.14. The van der Waals surface area contributed by atoms with Crippen LogP contribution in [-0.4, -0.2) is 25.3 Å². The van der Waals surface area contributed by atoms with E-state index in [-0.39, 0.29) is 17.4 Å². The minimum atomic E-state index is -0.345. The first-order valence-electron chi connectivity index (χ1n) is 9.46. The topological polar surface area (TPSA) is 72.2 Å². The maximum atomic E-state index is 13.1. The summed E-state index contributed by atoms with van der Waals surface area (Å²) in [6.07, 6.45) is 7.19. The van der Waals surface area contributed by atoms with Gasteiger partial charge in [0.2, 0.25) is 0 Å². The second-order valence-corrected chi connectivity index (χ2v) is 7.25. The molecule has 0 spiro atoms. The smallest absolute Gasteiger partial charge is 0.275 e. The first-order chi connectivity index (χ1) is 14.1. The Labute approximate surface area is 166 Å². The minimum absolute atomic E-state index is 0.206. The van der Waals surface area contributed by atoms with Crippen molar-refractivity contribution in [2.75, 3.05) is 5.32 Å². The van der Waals surface area contributed by atoms with Crippen molar-refractivity contribution < 1.29 is 9.18 Å². The molecule has 1 saturated carbocycles. The number of nitrogens with one attached hydrogen (secondary N) is 1. The van der Waals surface area contributed by atoms with E-state index in [2.05, 4.69) is 22.2 Å². The highest BCUT2D eigenvalue weighted by Gasteiger charge is 2.28. The number of aromatic nitrogens is 4. The Balaban J connectivity index is 1.35. The summed E-state index contributed by atoms with van der Waals surface area (Å²) in [5, 5.41) is 2.86. The van der Waals surface area contributed by atoms with E-state index >= 15 is 0 Å². The fourth-order valence-electron chi connectivity index (χ4n) is 3.41. The van der Waals surface area contributed by atoms with Gasteiger partial charge in [-0.25, -0.2) is 14.4 Å². The Hall–Kier alpha value is -3.61. The molecule has 6 nitrogen and oxygen atoms in total. The van der Waals surface area contributed by atoms with Crippen molar-refractivity contribution in [3.05, 3.63) is 77.9 Å². The number of pyridine rings is 1. The molecule has 29 heavy (non-hydrogen) atoms. The number of aryl methyl sites for hydroxylation is 1. The summed E-state index contributed by atoms with van der Waals surface area (Å²) in [5.41, 5.74) is 5.32. The van der Waals surface area contributed by atoms with Crippen LogP contribution in [-0.2, 0) is 0 Å². The molecule has 1 N–H and O–H groups in total. The molecular formula is C22H18FN5O. The lowest BCUT2D eigenvalue weighted by Gasteiger charge is -2.07. The standard InChI is InChI=1S/C22H18FN5O/c1-13-21(15-2-3-15)27-20-9-8-17(12-28(13)20)26-22(29)19-11-24-18(10-25-19)14-4-6-16(23)7-5-14/h4-12,15H,2-3H2,1H3,(H,26,29). The average molecular weight is 387 g/mol. The number of halogens is 1. The van der Waals surface area contributed by atoms with Crippen molar-refractivity contribution in [3.63, 3.8) is 0 Å². The van der Waals surface area contributed by atoms with E-state index in [4.69, 9.17) is 4.98 Å². The summed E-state index contributed by atoms with van der Waals surface area (Å²) in [7, 11) is 0. The number of hydrogen-bond donors (Lipinski definition) is 1. The van der Waals surface area contributed by atoms with Gasteiger partial charge < -0.3 is 9.72 Å². The average Bonchev–Trinajstić information content (AvgIpc) is 3.53. The molecule has 7 heteroatoms. The SMILES string of the molecule is Cc1c(C2CC2)nc2ccc(NC(=O)c3cnc(-c4ccc(F)cc4)cn3)cn12. The van der Waals surface area contributed by atoms with Gasteiger partial charge in [-0.2, -0.15) is 0 Å². The van der Waals surface area contributed by atoms with Gasteiger partial charge >= 0.3 is 0 Å². The van der Waals surface area contributed by atoms with Crippen LogP contribution in [0.15, 0.2) is 55.0 Å². The number of carbonyl (C=O) groups excluding carboxylic acids is 1. The summed E-state index contributed by atoms with van der Waals surface area (Å²) in [5.74, 6) is -0.0856. The molecule has 3 aromatic heterocycles. The van der Waals surface area contributed by atoms with E-state index in [1.165, 1.54) is 37.4 Å². The molecule has 5 rings (SSSR count). The summed E-state index contributed by atoms with van der Waals surface area (Å²) in [6, 6.07) is 9.70. The number of amides is 1. The van der Waals surface area contributed by atoms with Gasteiger partial charge in [-0.15, -0.1) is 0 Å². The Morgan fingerprint density at radius 3 is 2.59 bits per heavy atom. The van der Waals surface area contributed by atoms with Gasteiger partial charge in [0, 0.05) is 23.4 Å². The van der Waals surface area contributed by atoms with Crippen LogP contribution in [0, 0.1) is 12.7 Å². The fourth-order valence-corrected chi connectivity index (χ4v) is 3.41. The van der Waals surface area contributed by atoms with E-state index in [1.807, 2.05) is 22.7 Å². The van der Waals surface area contributed by atoms with Crippen LogP contribution in [0.2, 0.25) is 0 Å². The van der Waals surface area contributed by atoms with Crippen molar-refractivity contribution in [3.8, 4) is 11.3 Å². The monoisotopic (exact) mass is 387 g/mol. The Kier molecular flexibility index (Phi) is 4.08. The quantitative estimate of drug-likeness (QED) is 0.564. The van der Waals surface area contributed by atoms with Crippen LogP contribution in [0.5, 0.6) is 0 Å². The second-order valence-electron chi connectivity index (χ2n) is 7.25. The predicted molar refractivity (Wildman–Crippen MR) is 107 cm³/mol. The van der Waals surface area contributed by atoms with Crippen molar-refractivity contribution in [2.24, 2.45) is 0 Å². The molecule has 0 saturated heterocycles. The first-order valence-corrected chi connectivity index (χ1v) is 9.46. The zero-order valence-electron chi connectivity index (χ0n) is 15.8. The van der Waals surface area contributed by atoms with E-state index in [0.29, 0.717) is 17.3 Å². The van der Waals surface area contributed by atoms with Crippen LogP contribution in [0.4, 0.5) is 10.1 Å². The molecule has 0 atom stereocenters. The van der Waals surface area contributed by atoms with Gasteiger partial charge in [0.15, 0.2) is 0 Å². The zero-order valence-corrected chi connectivity index (χ0v) is 15.8. The molecule has 3 heterocycles. The van der Waals surface area contributed by atoms with Crippen molar-refractivity contribution in [1.82, 2.24) is 19.4 Å². The van der Waals surface area contributed by atoms with Crippen LogP contribution in [0.25, 0.3) is 16.9 Å². The summed E-state index contributed by atoms with van der Waals surface area (Å²) in [6.45, 7) is 2.05. The first kappa shape index (κ1) is 17.5. The second kappa shape index (κ2) is 6.77. The lowest BCUT2D eigenvalue weighted by atomic mass is 10.1. The maximum Gasteiger partial charge on any atom is 0.275 e. The third kappa shape index (κ3) is 3.35. The summed E-state index contributed by atoms with van der Waals surface area (Å²) < 4.78 is 15.1. The van der Waals surface area contributed by atoms with E-state index in [1.54, 1.807) is 12.1 Å². The molecule has 0 radical (unpaired) electrons. The van der Waals surface area contributed by atoms with Crippen LogP contribution in [0.3, 0.4) is 0 Å². The molecule has 1 fully saturated rings. The molecule has 4 aromatic rings. The van der Waals surface area contributed by atoms with Crippen molar-refractivity contribution in [1.29, 1.82) is 0 Å². The van der Waals surface area contributed by atoms with Gasteiger partial charge in [0.05, 0.1) is 29.5 Å². The Bertz CT molecular complexity index is 1210. The number of imidazole rings is 1. The third-order valence-corrected chi connectivity index (χ3v) is 5.14. The number of rotatable bonds is 4. The zero-order chi connectivity index (χ0) is 20.0. The maximum absolute atomic E-state index is 13.1. The van der Waals surface area contributed by atoms with Crippen molar-refractivity contribution in [2.45, 2.75) is 25.7 Å². The molecule has 1 amide bonds. The van der Waals surface area contributed by atoms with Crippen LogP contribution < -0.4 is 5.32 Å². The largest absolute Gasteiger partial charge is 0.319 e. The van der Waals surface area contributed by atoms with Gasteiger partial charge in [-0.05, 0) is 56.2 Å². The molecule has 0 unspecified atom stereocenters. The molecule has 144 valence electrons. The highest BCUT2D eigenvalue weighted by Crippen LogP contribution is 2.41. The lowest BCUT2D eigenvalue weighted by molar-refractivity contribution is 0.102.